The average molecular weight is 261 g/mol. The highest BCUT2D eigenvalue weighted by atomic mass is 16.6. The summed E-state index contributed by atoms with van der Waals surface area (Å²) < 4.78 is 4.57. The van der Waals surface area contributed by atoms with E-state index >= 15 is 0 Å². The van der Waals surface area contributed by atoms with E-state index in [0.717, 1.165) is 0 Å². The van der Waals surface area contributed by atoms with Crippen molar-refractivity contribution in [3.8, 4) is 11.3 Å². The molecule has 0 amide bonds. The van der Waals surface area contributed by atoms with Crippen LogP contribution >= 0.6 is 0 Å². The van der Waals surface area contributed by atoms with Gasteiger partial charge < -0.3 is 15.5 Å². The normalized spacial score (nSPS) is 10.2. The Labute approximate surface area is 108 Å². The molecule has 0 saturated heterocycles. The summed E-state index contributed by atoms with van der Waals surface area (Å²) in [6, 6.07) is 7.26. The Morgan fingerprint density at radius 1 is 1.37 bits per heavy atom. The number of methoxy groups -OCH3 is 1. The summed E-state index contributed by atoms with van der Waals surface area (Å²) >= 11 is 0. The number of non-ortho nitro benzene ring substituents is 1. The number of H-pyrrole nitrogens is 1. The van der Waals surface area contributed by atoms with Crippen LogP contribution < -0.4 is 5.73 Å². The van der Waals surface area contributed by atoms with Crippen LogP contribution in [0.3, 0.4) is 0 Å². The highest BCUT2D eigenvalue weighted by Gasteiger charge is 2.14. The molecule has 3 N–H and O–H groups in total. The molecule has 0 unspecified atom stereocenters. The fourth-order valence-corrected chi connectivity index (χ4v) is 1.67. The van der Waals surface area contributed by atoms with Gasteiger partial charge in [-0.05, 0) is 18.2 Å². The topological polar surface area (TPSA) is 111 Å². The molecule has 98 valence electrons. The molecule has 0 spiro atoms. The van der Waals surface area contributed by atoms with Gasteiger partial charge in [-0.15, -0.1) is 0 Å². The molecule has 0 aliphatic carbocycles. The van der Waals surface area contributed by atoms with E-state index in [1.165, 1.54) is 31.4 Å². The van der Waals surface area contributed by atoms with Gasteiger partial charge in [0.1, 0.15) is 5.69 Å². The van der Waals surface area contributed by atoms with Gasteiger partial charge in [-0.2, -0.15) is 0 Å². The van der Waals surface area contributed by atoms with Gasteiger partial charge in [-0.1, -0.05) is 0 Å². The Balaban J connectivity index is 2.46. The van der Waals surface area contributed by atoms with E-state index in [4.69, 9.17) is 5.73 Å². The lowest BCUT2D eigenvalue weighted by atomic mass is 10.1. The number of benzene rings is 1. The number of ether oxygens (including phenoxy) is 1. The van der Waals surface area contributed by atoms with Gasteiger partial charge in [-0.25, -0.2) is 4.79 Å². The second-order valence-corrected chi connectivity index (χ2v) is 3.81. The molecule has 0 saturated carbocycles. The van der Waals surface area contributed by atoms with Crippen LogP contribution in [0, 0.1) is 10.1 Å². The maximum atomic E-state index is 11.3. The van der Waals surface area contributed by atoms with Crippen molar-refractivity contribution in [1.82, 2.24) is 4.98 Å². The second-order valence-electron chi connectivity index (χ2n) is 3.81. The van der Waals surface area contributed by atoms with Crippen molar-refractivity contribution in [2.45, 2.75) is 0 Å². The lowest BCUT2D eigenvalue weighted by Gasteiger charge is -2.03. The first kappa shape index (κ1) is 12.6. The highest BCUT2D eigenvalue weighted by molar-refractivity contribution is 5.89. The third-order valence-electron chi connectivity index (χ3n) is 2.63. The second kappa shape index (κ2) is 4.81. The SMILES string of the molecule is COC(=O)c1ccc(-c2cc([N+](=O)[O-])ccc2N)[nH]1. The molecule has 0 radical (unpaired) electrons. The molecule has 0 aliphatic rings. The number of aromatic nitrogens is 1. The quantitative estimate of drug-likeness (QED) is 0.379. The Bertz CT molecular complexity index is 648. The zero-order valence-corrected chi connectivity index (χ0v) is 10.0. The molecule has 0 aliphatic heterocycles. The Morgan fingerprint density at radius 3 is 2.74 bits per heavy atom. The molecule has 1 heterocycles. The summed E-state index contributed by atoms with van der Waals surface area (Å²) in [5, 5.41) is 10.7. The largest absolute Gasteiger partial charge is 0.464 e. The van der Waals surface area contributed by atoms with Gasteiger partial charge in [0.25, 0.3) is 5.69 Å². The van der Waals surface area contributed by atoms with Gasteiger partial charge in [0.2, 0.25) is 0 Å². The molecule has 0 atom stereocenters. The first-order chi connectivity index (χ1) is 9.02. The summed E-state index contributed by atoms with van der Waals surface area (Å²) in [5.74, 6) is -0.518. The van der Waals surface area contributed by atoms with E-state index in [0.29, 0.717) is 16.9 Å². The predicted molar refractivity (Wildman–Crippen MR) is 68.6 cm³/mol. The summed E-state index contributed by atoms with van der Waals surface area (Å²) in [4.78, 5) is 24.4. The predicted octanol–water partition coefficient (Wildman–Crippen LogP) is 1.96. The third kappa shape index (κ3) is 2.39. The highest BCUT2D eigenvalue weighted by Crippen LogP contribution is 2.29. The number of hydrogen-bond donors (Lipinski definition) is 2. The molecule has 7 nitrogen and oxygen atoms in total. The summed E-state index contributed by atoms with van der Waals surface area (Å²) in [5.41, 5.74) is 7.32. The minimum Gasteiger partial charge on any atom is -0.464 e. The standard InChI is InChI=1S/C12H11N3O4/c1-19-12(16)11-5-4-10(14-11)8-6-7(15(17)18)2-3-9(8)13/h2-6,14H,13H2,1H3. The lowest BCUT2D eigenvalue weighted by Crippen LogP contribution is -2.01. The molecule has 1 aromatic carbocycles. The molecule has 1 aromatic heterocycles. The van der Waals surface area contributed by atoms with E-state index in [1.807, 2.05) is 0 Å². The van der Waals surface area contributed by atoms with Crippen molar-refractivity contribution >= 4 is 17.3 Å². The molecule has 2 rings (SSSR count). The molecule has 7 heteroatoms. The van der Waals surface area contributed by atoms with E-state index in [1.54, 1.807) is 6.07 Å². The minimum atomic E-state index is -0.518. The number of nitrogens with zero attached hydrogens (tertiary/aromatic N) is 1. The maximum absolute atomic E-state index is 11.3. The molecular weight excluding hydrogens is 250 g/mol. The number of nitro groups is 1. The fraction of sp³-hybridized carbons (Fsp3) is 0.0833. The van der Waals surface area contributed by atoms with Crippen molar-refractivity contribution in [2.24, 2.45) is 0 Å². The number of nitro benzene ring substituents is 1. The number of carbonyl (C=O) groups excluding carboxylic acids is 1. The Kier molecular flexibility index (Phi) is 3.19. The Morgan fingerprint density at radius 2 is 2.11 bits per heavy atom. The van der Waals surface area contributed by atoms with Crippen molar-refractivity contribution in [3.63, 3.8) is 0 Å². The van der Waals surface area contributed by atoms with Crippen molar-refractivity contribution in [3.05, 3.63) is 46.1 Å². The number of rotatable bonds is 3. The van der Waals surface area contributed by atoms with Crippen LogP contribution in [0.15, 0.2) is 30.3 Å². The van der Waals surface area contributed by atoms with Gasteiger partial charge in [0.15, 0.2) is 0 Å². The molecule has 2 aromatic rings. The van der Waals surface area contributed by atoms with Gasteiger partial charge in [0, 0.05) is 29.1 Å². The van der Waals surface area contributed by atoms with Crippen LogP contribution in [0.2, 0.25) is 0 Å². The van der Waals surface area contributed by atoms with Crippen molar-refractivity contribution in [1.29, 1.82) is 0 Å². The van der Waals surface area contributed by atoms with E-state index in [9.17, 15) is 14.9 Å². The maximum Gasteiger partial charge on any atom is 0.354 e. The van der Waals surface area contributed by atoms with Gasteiger partial charge in [-0.3, -0.25) is 10.1 Å². The third-order valence-corrected chi connectivity index (χ3v) is 2.63. The number of aromatic amines is 1. The zero-order chi connectivity index (χ0) is 14.0. The van der Waals surface area contributed by atoms with E-state index in [-0.39, 0.29) is 11.4 Å². The number of esters is 1. The van der Waals surface area contributed by atoms with E-state index < -0.39 is 10.9 Å². The number of carbonyl (C=O) groups is 1. The number of anilines is 1. The van der Waals surface area contributed by atoms with Crippen LogP contribution in [0.4, 0.5) is 11.4 Å². The van der Waals surface area contributed by atoms with Crippen LogP contribution in [-0.4, -0.2) is 23.0 Å². The number of hydrogen-bond acceptors (Lipinski definition) is 5. The molecule has 0 bridgehead atoms. The first-order valence-corrected chi connectivity index (χ1v) is 5.34. The van der Waals surface area contributed by atoms with Gasteiger partial charge >= 0.3 is 5.97 Å². The zero-order valence-electron chi connectivity index (χ0n) is 10.0. The Hall–Kier alpha value is -2.83. The number of nitrogen functional groups attached to an aromatic ring is 1. The van der Waals surface area contributed by atoms with E-state index in [2.05, 4.69) is 9.72 Å². The first-order valence-electron chi connectivity index (χ1n) is 5.34. The minimum absolute atomic E-state index is 0.0709. The number of nitrogens with one attached hydrogen (secondary N) is 1. The van der Waals surface area contributed by atoms with Crippen LogP contribution in [0.5, 0.6) is 0 Å². The van der Waals surface area contributed by atoms with Crippen LogP contribution in [-0.2, 0) is 4.74 Å². The fourth-order valence-electron chi connectivity index (χ4n) is 1.67. The lowest BCUT2D eigenvalue weighted by molar-refractivity contribution is -0.384. The summed E-state index contributed by atoms with van der Waals surface area (Å²) in [7, 11) is 1.27. The molecule has 19 heavy (non-hydrogen) atoms. The van der Waals surface area contributed by atoms with Gasteiger partial charge in [0.05, 0.1) is 12.0 Å². The summed E-state index contributed by atoms with van der Waals surface area (Å²) in [6.45, 7) is 0. The summed E-state index contributed by atoms with van der Waals surface area (Å²) in [6.07, 6.45) is 0. The van der Waals surface area contributed by atoms with Crippen molar-refractivity contribution < 1.29 is 14.5 Å². The number of nitrogens with two attached hydrogens (primary N) is 1. The van der Waals surface area contributed by atoms with Crippen LogP contribution in [0.25, 0.3) is 11.3 Å². The monoisotopic (exact) mass is 261 g/mol. The molecule has 0 fully saturated rings. The van der Waals surface area contributed by atoms with Crippen molar-refractivity contribution in [2.75, 3.05) is 12.8 Å². The van der Waals surface area contributed by atoms with Crippen LogP contribution in [0.1, 0.15) is 10.5 Å². The molecular formula is C12H11N3O4. The average Bonchev–Trinajstić information content (AvgIpc) is 2.87. The smallest absolute Gasteiger partial charge is 0.354 e.